The summed E-state index contributed by atoms with van der Waals surface area (Å²) >= 11 is 0. The first-order valence-corrected chi connectivity index (χ1v) is 7.38. The SMILES string of the molecule is Cc1ccc2c(c1)nc(CCCO)n2Cc1ccccc1. The number of fused-ring (bicyclic) bond motifs is 1. The molecule has 2 aromatic carbocycles. The van der Waals surface area contributed by atoms with E-state index >= 15 is 0 Å². The van der Waals surface area contributed by atoms with Gasteiger partial charge in [0.1, 0.15) is 5.82 Å². The Bertz CT molecular complexity index is 732. The Morgan fingerprint density at radius 2 is 1.90 bits per heavy atom. The molecule has 1 heterocycles. The fourth-order valence-electron chi connectivity index (χ4n) is 2.66. The summed E-state index contributed by atoms with van der Waals surface area (Å²) < 4.78 is 2.26. The van der Waals surface area contributed by atoms with Crippen molar-refractivity contribution in [3.8, 4) is 0 Å². The molecule has 3 aromatic rings. The third-order valence-corrected chi connectivity index (χ3v) is 3.72. The second-order valence-corrected chi connectivity index (χ2v) is 5.42. The molecule has 0 atom stereocenters. The van der Waals surface area contributed by atoms with Crippen molar-refractivity contribution < 1.29 is 5.11 Å². The zero-order valence-electron chi connectivity index (χ0n) is 12.3. The Morgan fingerprint density at radius 3 is 2.67 bits per heavy atom. The molecule has 0 radical (unpaired) electrons. The van der Waals surface area contributed by atoms with Gasteiger partial charge in [0.25, 0.3) is 0 Å². The van der Waals surface area contributed by atoms with Gasteiger partial charge >= 0.3 is 0 Å². The minimum Gasteiger partial charge on any atom is -0.396 e. The molecular weight excluding hydrogens is 260 g/mol. The van der Waals surface area contributed by atoms with Gasteiger partial charge in [-0.3, -0.25) is 0 Å². The zero-order chi connectivity index (χ0) is 14.7. The number of aliphatic hydroxyl groups excluding tert-OH is 1. The summed E-state index contributed by atoms with van der Waals surface area (Å²) in [5.41, 5.74) is 4.69. The Hall–Kier alpha value is -2.13. The predicted molar refractivity (Wildman–Crippen MR) is 85.4 cm³/mol. The van der Waals surface area contributed by atoms with Crippen LogP contribution in [-0.4, -0.2) is 21.3 Å². The summed E-state index contributed by atoms with van der Waals surface area (Å²) in [4.78, 5) is 4.76. The molecular formula is C18H20N2O. The van der Waals surface area contributed by atoms with Gasteiger partial charge in [0, 0.05) is 19.6 Å². The molecule has 0 aliphatic carbocycles. The van der Waals surface area contributed by atoms with Crippen LogP contribution in [0.1, 0.15) is 23.4 Å². The van der Waals surface area contributed by atoms with Crippen LogP contribution in [0, 0.1) is 6.92 Å². The fourth-order valence-corrected chi connectivity index (χ4v) is 2.66. The molecule has 0 spiro atoms. The van der Waals surface area contributed by atoms with E-state index in [2.05, 4.69) is 54.0 Å². The van der Waals surface area contributed by atoms with E-state index < -0.39 is 0 Å². The van der Waals surface area contributed by atoms with Crippen LogP contribution in [0.25, 0.3) is 11.0 Å². The first kappa shape index (κ1) is 13.8. The first-order chi connectivity index (χ1) is 10.3. The van der Waals surface area contributed by atoms with E-state index in [4.69, 9.17) is 10.1 Å². The molecule has 21 heavy (non-hydrogen) atoms. The Labute approximate surface area is 124 Å². The Balaban J connectivity index is 2.04. The maximum Gasteiger partial charge on any atom is 0.110 e. The first-order valence-electron chi connectivity index (χ1n) is 7.38. The second-order valence-electron chi connectivity index (χ2n) is 5.42. The number of aliphatic hydroxyl groups is 1. The summed E-state index contributed by atoms with van der Waals surface area (Å²) in [6, 6.07) is 16.8. The third kappa shape index (κ3) is 2.98. The quantitative estimate of drug-likeness (QED) is 0.778. The Morgan fingerprint density at radius 1 is 1.10 bits per heavy atom. The van der Waals surface area contributed by atoms with Crippen LogP contribution in [0.4, 0.5) is 0 Å². The molecule has 0 saturated heterocycles. The molecule has 0 aliphatic rings. The molecule has 0 saturated carbocycles. The van der Waals surface area contributed by atoms with Crippen LogP contribution >= 0.6 is 0 Å². The van der Waals surface area contributed by atoms with Gasteiger partial charge in [-0.2, -0.15) is 0 Å². The van der Waals surface area contributed by atoms with Crippen LogP contribution < -0.4 is 0 Å². The van der Waals surface area contributed by atoms with E-state index in [9.17, 15) is 0 Å². The lowest BCUT2D eigenvalue weighted by molar-refractivity contribution is 0.287. The normalized spacial score (nSPS) is 11.1. The van der Waals surface area contributed by atoms with Gasteiger partial charge < -0.3 is 9.67 Å². The van der Waals surface area contributed by atoms with Crippen LogP contribution in [0.5, 0.6) is 0 Å². The summed E-state index contributed by atoms with van der Waals surface area (Å²) in [5.74, 6) is 1.05. The van der Waals surface area contributed by atoms with Gasteiger partial charge in [-0.25, -0.2) is 4.98 Å². The Kier molecular flexibility index (Phi) is 4.02. The second kappa shape index (κ2) is 6.10. The van der Waals surface area contributed by atoms with Crippen LogP contribution in [0.3, 0.4) is 0 Å². The molecule has 3 nitrogen and oxygen atoms in total. The molecule has 3 rings (SSSR count). The van der Waals surface area contributed by atoms with Crippen molar-refractivity contribution in [3.63, 3.8) is 0 Å². The van der Waals surface area contributed by atoms with Gasteiger partial charge in [-0.05, 0) is 36.6 Å². The minimum absolute atomic E-state index is 0.202. The van der Waals surface area contributed by atoms with E-state index in [-0.39, 0.29) is 6.61 Å². The number of hydrogen-bond acceptors (Lipinski definition) is 2. The van der Waals surface area contributed by atoms with Crippen molar-refractivity contribution in [2.45, 2.75) is 26.3 Å². The molecule has 0 unspecified atom stereocenters. The summed E-state index contributed by atoms with van der Waals surface area (Å²) in [7, 11) is 0. The van der Waals surface area contributed by atoms with Gasteiger partial charge in [0.15, 0.2) is 0 Å². The number of hydrogen-bond donors (Lipinski definition) is 1. The molecule has 1 N–H and O–H groups in total. The highest BCUT2D eigenvalue weighted by molar-refractivity contribution is 5.77. The van der Waals surface area contributed by atoms with Crippen molar-refractivity contribution in [1.29, 1.82) is 0 Å². The van der Waals surface area contributed by atoms with Crippen molar-refractivity contribution >= 4 is 11.0 Å². The minimum atomic E-state index is 0.202. The van der Waals surface area contributed by atoms with Crippen LogP contribution in [-0.2, 0) is 13.0 Å². The monoisotopic (exact) mass is 280 g/mol. The van der Waals surface area contributed by atoms with Crippen LogP contribution in [0.2, 0.25) is 0 Å². The van der Waals surface area contributed by atoms with E-state index in [1.54, 1.807) is 0 Å². The summed E-state index contributed by atoms with van der Waals surface area (Å²) in [6.07, 6.45) is 1.55. The van der Waals surface area contributed by atoms with Crippen molar-refractivity contribution in [1.82, 2.24) is 9.55 Å². The van der Waals surface area contributed by atoms with E-state index in [1.807, 2.05) is 6.07 Å². The predicted octanol–water partition coefficient (Wildman–Crippen LogP) is 3.32. The van der Waals surface area contributed by atoms with Gasteiger partial charge in [0.05, 0.1) is 11.0 Å². The molecule has 1 aromatic heterocycles. The highest BCUT2D eigenvalue weighted by Gasteiger charge is 2.11. The van der Waals surface area contributed by atoms with Crippen LogP contribution in [0.15, 0.2) is 48.5 Å². The zero-order valence-corrected chi connectivity index (χ0v) is 12.3. The molecule has 0 amide bonds. The summed E-state index contributed by atoms with van der Waals surface area (Å²) in [5, 5.41) is 9.09. The molecule has 0 bridgehead atoms. The lowest BCUT2D eigenvalue weighted by Crippen LogP contribution is -2.06. The maximum absolute atomic E-state index is 9.09. The average Bonchev–Trinajstić information content (AvgIpc) is 2.83. The van der Waals surface area contributed by atoms with Crippen molar-refractivity contribution in [3.05, 3.63) is 65.5 Å². The number of benzene rings is 2. The molecule has 3 heteroatoms. The smallest absolute Gasteiger partial charge is 0.110 e. The molecule has 0 aliphatic heterocycles. The highest BCUT2D eigenvalue weighted by Crippen LogP contribution is 2.20. The van der Waals surface area contributed by atoms with E-state index in [1.165, 1.54) is 11.1 Å². The molecule has 0 fully saturated rings. The topological polar surface area (TPSA) is 38.1 Å². The van der Waals surface area contributed by atoms with Gasteiger partial charge in [-0.1, -0.05) is 36.4 Å². The maximum atomic E-state index is 9.09. The number of rotatable bonds is 5. The van der Waals surface area contributed by atoms with Gasteiger partial charge in [0.2, 0.25) is 0 Å². The lowest BCUT2D eigenvalue weighted by Gasteiger charge is -2.09. The highest BCUT2D eigenvalue weighted by atomic mass is 16.2. The number of nitrogens with zero attached hydrogens (tertiary/aromatic N) is 2. The number of aryl methyl sites for hydroxylation is 2. The van der Waals surface area contributed by atoms with E-state index in [0.717, 1.165) is 36.2 Å². The standard InChI is InChI=1S/C18H20N2O/c1-14-9-10-17-16(12-14)19-18(8-5-11-21)20(17)13-15-6-3-2-4-7-15/h2-4,6-7,9-10,12,21H,5,8,11,13H2,1H3. The average molecular weight is 280 g/mol. The summed E-state index contributed by atoms with van der Waals surface area (Å²) in [6.45, 7) is 3.11. The van der Waals surface area contributed by atoms with Gasteiger partial charge in [-0.15, -0.1) is 0 Å². The largest absolute Gasteiger partial charge is 0.396 e. The van der Waals surface area contributed by atoms with Crippen molar-refractivity contribution in [2.24, 2.45) is 0 Å². The lowest BCUT2D eigenvalue weighted by atomic mass is 10.2. The van der Waals surface area contributed by atoms with Crippen molar-refractivity contribution in [2.75, 3.05) is 6.61 Å². The molecule has 108 valence electrons. The third-order valence-electron chi connectivity index (χ3n) is 3.72. The number of aromatic nitrogens is 2. The number of imidazole rings is 1. The van der Waals surface area contributed by atoms with E-state index in [0.29, 0.717) is 0 Å². The fraction of sp³-hybridized carbons (Fsp3) is 0.278.